The molecule has 0 atom stereocenters. The van der Waals surface area contributed by atoms with Crippen LogP contribution in [0.5, 0.6) is 5.75 Å². The van der Waals surface area contributed by atoms with Crippen molar-refractivity contribution in [3.8, 4) is 5.75 Å². The SMILES string of the molecule is CC(=O)Oc1cccc(C(=O)Nc2ccccc2CNC(=O)/C=C/c2ccc(F)cc2)c1. The van der Waals surface area contributed by atoms with E-state index >= 15 is 0 Å². The number of nitrogens with one attached hydrogen (secondary N) is 2. The fraction of sp³-hybridized carbons (Fsp3) is 0.0800. The smallest absolute Gasteiger partial charge is 0.308 e. The van der Waals surface area contributed by atoms with Crippen LogP contribution in [0, 0.1) is 5.82 Å². The van der Waals surface area contributed by atoms with Crippen molar-refractivity contribution in [1.82, 2.24) is 5.32 Å². The number of anilines is 1. The maximum Gasteiger partial charge on any atom is 0.308 e. The van der Waals surface area contributed by atoms with Crippen molar-refractivity contribution < 1.29 is 23.5 Å². The van der Waals surface area contributed by atoms with Gasteiger partial charge < -0.3 is 15.4 Å². The summed E-state index contributed by atoms with van der Waals surface area (Å²) in [4.78, 5) is 35.9. The van der Waals surface area contributed by atoms with Crippen molar-refractivity contribution >= 4 is 29.5 Å². The molecule has 162 valence electrons. The van der Waals surface area contributed by atoms with Crippen molar-refractivity contribution in [2.75, 3.05) is 5.32 Å². The molecule has 0 fully saturated rings. The lowest BCUT2D eigenvalue weighted by molar-refractivity contribution is -0.131. The highest BCUT2D eigenvalue weighted by atomic mass is 19.1. The number of hydrogen-bond acceptors (Lipinski definition) is 4. The molecule has 2 N–H and O–H groups in total. The Labute approximate surface area is 184 Å². The second-order valence-electron chi connectivity index (χ2n) is 6.84. The standard InChI is InChI=1S/C25H21FN2O4/c1-17(29)32-22-7-4-6-19(15-22)25(31)28-23-8-3-2-5-20(23)16-27-24(30)14-11-18-9-12-21(26)13-10-18/h2-15H,16H2,1H3,(H,27,30)(H,28,31)/b14-11+. The van der Waals surface area contributed by atoms with Crippen molar-refractivity contribution in [3.05, 3.63) is 101 Å². The fourth-order valence-corrected chi connectivity index (χ4v) is 2.84. The number of ether oxygens (including phenoxy) is 1. The Bertz CT molecular complexity index is 1160. The van der Waals surface area contributed by atoms with Crippen LogP contribution in [-0.2, 0) is 16.1 Å². The number of benzene rings is 3. The van der Waals surface area contributed by atoms with E-state index in [1.165, 1.54) is 31.2 Å². The van der Waals surface area contributed by atoms with Gasteiger partial charge in [0, 0.05) is 30.8 Å². The van der Waals surface area contributed by atoms with Gasteiger partial charge in [-0.25, -0.2) is 4.39 Å². The first kappa shape index (κ1) is 22.4. The zero-order chi connectivity index (χ0) is 22.9. The molecule has 0 bridgehead atoms. The topological polar surface area (TPSA) is 84.5 Å². The monoisotopic (exact) mass is 432 g/mol. The third-order valence-electron chi connectivity index (χ3n) is 4.37. The van der Waals surface area contributed by atoms with Gasteiger partial charge in [0.15, 0.2) is 0 Å². The van der Waals surface area contributed by atoms with Gasteiger partial charge in [-0.3, -0.25) is 14.4 Å². The molecule has 32 heavy (non-hydrogen) atoms. The minimum Gasteiger partial charge on any atom is -0.427 e. The number of carbonyl (C=O) groups is 3. The number of carbonyl (C=O) groups excluding carboxylic acids is 3. The summed E-state index contributed by atoms with van der Waals surface area (Å²) in [5.41, 5.74) is 2.27. The second kappa shape index (κ2) is 10.7. The van der Waals surface area contributed by atoms with Crippen LogP contribution in [-0.4, -0.2) is 17.8 Å². The van der Waals surface area contributed by atoms with E-state index in [0.29, 0.717) is 22.4 Å². The van der Waals surface area contributed by atoms with E-state index in [2.05, 4.69) is 10.6 Å². The summed E-state index contributed by atoms with van der Waals surface area (Å²) in [5.74, 6) is -1.25. The van der Waals surface area contributed by atoms with E-state index < -0.39 is 5.97 Å². The maximum absolute atomic E-state index is 12.9. The van der Waals surface area contributed by atoms with E-state index in [1.807, 2.05) is 0 Å². The van der Waals surface area contributed by atoms with Crippen LogP contribution in [0.25, 0.3) is 6.08 Å². The lowest BCUT2D eigenvalue weighted by Crippen LogP contribution is -2.22. The predicted molar refractivity (Wildman–Crippen MR) is 119 cm³/mol. The molecule has 0 aromatic heterocycles. The summed E-state index contributed by atoms with van der Waals surface area (Å²) in [6.45, 7) is 1.47. The average Bonchev–Trinajstić information content (AvgIpc) is 2.78. The first-order valence-corrected chi connectivity index (χ1v) is 9.80. The molecular weight excluding hydrogens is 411 g/mol. The Morgan fingerprint density at radius 3 is 2.47 bits per heavy atom. The van der Waals surface area contributed by atoms with Crippen molar-refractivity contribution in [2.24, 2.45) is 0 Å². The van der Waals surface area contributed by atoms with Gasteiger partial charge in [0.25, 0.3) is 5.91 Å². The number of para-hydroxylation sites is 1. The molecule has 0 saturated carbocycles. The van der Waals surface area contributed by atoms with Crippen LogP contribution >= 0.6 is 0 Å². The molecule has 0 aliphatic carbocycles. The number of halogens is 1. The third-order valence-corrected chi connectivity index (χ3v) is 4.37. The Morgan fingerprint density at radius 1 is 0.969 bits per heavy atom. The molecule has 7 heteroatoms. The summed E-state index contributed by atoms with van der Waals surface area (Å²) in [5, 5.41) is 5.57. The molecule has 3 aromatic rings. The Kier molecular flexibility index (Phi) is 7.48. The van der Waals surface area contributed by atoms with Gasteiger partial charge >= 0.3 is 5.97 Å². The van der Waals surface area contributed by atoms with Crippen LogP contribution < -0.4 is 15.4 Å². The first-order valence-electron chi connectivity index (χ1n) is 9.80. The summed E-state index contributed by atoms with van der Waals surface area (Å²) >= 11 is 0. The highest BCUT2D eigenvalue weighted by molar-refractivity contribution is 6.05. The molecule has 6 nitrogen and oxygen atoms in total. The fourth-order valence-electron chi connectivity index (χ4n) is 2.84. The molecule has 0 saturated heterocycles. The highest BCUT2D eigenvalue weighted by Gasteiger charge is 2.11. The normalized spacial score (nSPS) is 10.6. The van der Waals surface area contributed by atoms with E-state index in [-0.39, 0.29) is 29.9 Å². The second-order valence-corrected chi connectivity index (χ2v) is 6.84. The number of rotatable bonds is 7. The molecule has 3 rings (SSSR count). The Hall–Kier alpha value is -4.26. The minimum absolute atomic E-state index is 0.191. The number of esters is 1. The summed E-state index contributed by atoms with van der Waals surface area (Å²) < 4.78 is 18.0. The van der Waals surface area contributed by atoms with Gasteiger partial charge in [-0.1, -0.05) is 36.4 Å². The van der Waals surface area contributed by atoms with Crippen molar-refractivity contribution in [1.29, 1.82) is 0 Å². The average molecular weight is 432 g/mol. The van der Waals surface area contributed by atoms with Crippen molar-refractivity contribution in [3.63, 3.8) is 0 Å². The Morgan fingerprint density at radius 2 is 1.72 bits per heavy atom. The van der Waals surface area contributed by atoms with Crippen LogP contribution in [0.4, 0.5) is 10.1 Å². The number of amides is 2. The van der Waals surface area contributed by atoms with Crippen LogP contribution in [0.3, 0.4) is 0 Å². The van der Waals surface area contributed by atoms with E-state index in [4.69, 9.17) is 4.74 Å². The molecule has 0 heterocycles. The first-order chi connectivity index (χ1) is 15.4. The molecule has 3 aromatic carbocycles. The van der Waals surface area contributed by atoms with Gasteiger partial charge in [0.2, 0.25) is 5.91 Å². The summed E-state index contributed by atoms with van der Waals surface area (Å²) in [6, 6.07) is 19.1. The zero-order valence-corrected chi connectivity index (χ0v) is 17.3. The summed E-state index contributed by atoms with van der Waals surface area (Å²) in [6.07, 6.45) is 2.94. The lowest BCUT2D eigenvalue weighted by Gasteiger charge is -2.12. The van der Waals surface area contributed by atoms with E-state index in [0.717, 1.165) is 0 Å². The molecule has 0 aliphatic heterocycles. The van der Waals surface area contributed by atoms with Crippen LogP contribution in [0.15, 0.2) is 78.9 Å². The minimum atomic E-state index is -0.475. The highest BCUT2D eigenvalue weighted by Crippen LogP contribution is 2.18. The quantitative estimate of drug-likeness (QED) is 0.331. The predicted octanol–water partition coefficient (Wildman–Crippen LogP) is 4.33. The van der Waals surface area contributed by atoms with E-state index in [1.54, 1.807) is 60.7 Å². The Balaban J connectivity index is 1.63. The van der Waals surface area contributed by atoms with Crippen LogP contribution in [0.2, 0.25) is 0 Å². The molecular formula is C25H21FN2O4. The zero-order valence-electron chi connectivity index (χ0n) is 17.3. The van der Waals surface area contributed by atoms with E-state index in [9.17, 15) is 18.8 Å². The van der Waals surface area contributed by atoms with Gasteiger partial charge in [0.1, 0.15) is 11.6 Å². The summed E-state index contributed by atoms with van der Waals surface area (Å²) in [7, 11) is 0. The largest absolute Gasteiger partial charge is 0.427 e. The lowest BCUT2D eigenvalue weighted by atomic mass is 10.1. The van der Waals surface area contributed by atoms with Crippen LogP contribution in [0.1, 0.15) is 28.4 Å². The molecule has 0 aliphatic rings. The van der Waals surface area contributed by atoms with Gasteiger partial charge in [-0.05, 0) is 53.6 Å². The third kappa shape index (κ3) is 6.63. The molecule has 0 spiro atoms. The molecule has 2 amide bonds. The molecule has 0 unspecified atom stereocenters. The van der Waals surface area contributed by atoms with Gasteiger partial charge in [0.05, 0.1) is 0 Å². The maximum atomic E-state index is 12.9. The van der Waals surface area contributed by atoms with Gasteiger partial charge in [-0.2, -0.15) is 0 Å². The molecule has 0 radical (unpaired) electrons. The van der Waals surface area contributed by atoms with Gasteiger partial charge in [-0.15, -0.1) is 0 Å². The number of hydrogen-bond donors (Lipinski definition) is 2. The van der Waals surface area contributed by atoms with Crippen molar-refractivity contribution in [2.45, 2.75) is 13.5 Å².